The Bertz CT molecular complexity index is 837. The molecule has 0 fully saturated rings. The third kappa shape index (κ3) is 3.48. The second kappa shape index (κ2) is 7.12. The van der Waals surface area contributed by atoms with Gasteiger partial charge in [0.15, 0.2) is 11.9 Å². The van der Waals surface area contributed by atoms with E-state index in [1.165, 1.54) is 0 Å². The minimum atomic E-state index is -0.689. The van der Waals surface area contributed by atoms with Gasteiger partial charge >= 0.3 is 11.9 Å². The molecule has 0 saturated carbocycles. The van der Waals surface area contributed by atoms with Crippen molar-refractivity contribution in [2.75, 3.05) is 6.61 Å². The lowest BCUT2D eigenvalue weighted by Crippen LogP contribution is -2.19. The van der Waals surface area contributed by atoms with E-state index in [9.17, 15) is 14.4 Å². The third-order valence-corrected chi connectivity index (χ3v) is 4.59. The van der Waals surface area contributed by atoms with Crippen molar-refractivity contribution < 1.29 is 19.1 Å². The second-order valence-corrected chi connectivity index (χ2v) is 6.64. The summed E-state index contributed by atoms with van der Waals surface area (Å²) in [6.07, 6.45) is -0.689. The van der Waals surface area contributed by atoms with E-state index in [2.05, 4.69) is 9.97 Å². The fourth-order valence-corrected chi connectivity index (χ4v) is 3.19. The molecule has 0 aliphatic carbocycles. The van der Waals surface area contributed by atoms with Gasteiger partial charge in [0.1, 0.15) is 9.71 Å². The highest BCUT2D eigenvalue weighted by molar-refractivity contribution is 7.20. The first-order valence-electron chi connectivity index (χ1n) is 7.67. The van der Waals surface area contributed by atoms with E-state index in [0.29, 0.717) is 20.7 Å². The van der Waals surface area contributed by atoms with Crippen LogP contribution in [-0.4, -0.2) is 28.5 Å². The first-order valence-corrected chi connectivity index (χ1v) is 8.48. The van der Waals surface area contributed by atoms with Crippen molar-refractivity contribution in [2.45, 2.75) is 40.7 Å². The monoisotopic (exact) mass is 352 g/mol. The fraction of sp³-hybridized carbons (Fsp3) is 0.500. The summed E-state index contributed by atoms with van der Waals surface area (Å²) in [6, 6.07) is 0. The number of fused-ring (bicyclic) bond motifs is 1. The first kappa shape index (κ1) is 18.1. The number of hydrogen-bond donors (Lipinski definition) is 1. The number of ether oxygens (including phenoxy) is 2. The van der Waals surface area contributed by atoms with E-state index in [1.807, 2.05) is 0 Å². The molecule has 0 aromatic carbocycles. The van der Waals surface area contributed by atoms with Crippen molar-refractivity contribution in [3.63, 3.8) is 0 Å². The Morgan fingerprint density at radius 2 is 1.96 bits per heavy atom. The minimum absolute atomic E-state index is 0.248. The smallest absolute Gasteiger partial charge is 0.348 e. The summed E-state index contributed by atoms with van der Waals surface area (Å²) in [6.45, 7) is 8.74. The normalized spacial score (nSPS) is 12.4. The second-order valence-electron chi connectivity index (χ2n) is 5.64. The van der Waals surface area contributed by atoms with Crippen LogP contribution < -0.4 is 5.56 Å². The van der Waals surface area contributed by atoms with Crippen molar-refractivity contribution in [1.29, 1.82) is 0 Å². The van der Waals surface area contributed by atoms with E-state index < -0.39 is 12.1 Å². The van der Waals surface area contributed by atoms with Gasteiger partial charge in [-0.1, -0.05) is 13.8 Å². The number of nitrogens with zero attached hydrogens (tertiary/aromatic N) is 1. The molecule has 0 unspecified atom stereocenters. The van der Waals surface area contributed by atoms with Gasteiger partial charge in [-0.3, -0.25) is 9.59 Å². The Morgan fingerprint density at radius 3 is 2.54 bits per heavy atom. The Morgan fingerprint density at radius 1 is 1.29 bits per heavy atom. The number of carbonyl (C=O) groups is 2. The lowest BCUT2D eigenvalue weighted by atomic mass is 10.2. The molecular weight excluding hydrogens is 332 g/mol. The van der Waals surface area contributed by atoms with Crippen LogP contribution in [0, 0.1) is 12.8 Å². The molecule has 0 aliphatic rings. The molecule has 0 amide bonds. The van der Waals surface area contributed by atoms with Crippen LogP contribution in [0.15, 0.2) is 4.79 Å². The van der Waals surface area contributed by atoms with Gasteiger partial charge < -0.3 is 14.5 Å². The van der Waals surface area contributed by atoms with E-state index in [-0.39, 0.29) is 29.9 Å². The van der Waals surface area contributed by atoms with Crippen molar-refractivity contribution in [1.82, 2.24) is 9.97 Å². The van der Waals surface area contributed by atoms with Crippen molar-refractivity contribution >= 4 is 33.5 Å². The van der Waals surface area contributed by atoms with Crippen LogP contribution in [-0.2, 0) is 14.3 Å². The van der Waals surface area contributed by atoms with Gasteiger partial charge in [-0.15, -0.1) is 11.3 Å². The minimum Gasteiger partial charge on any atom is -0.462 e. The maximum Gasteiger partial charge on any atom is 0.348 e. The van der Waals surface area contributed by atoms with Crippen molar-refractivity contribution in [3.8, 4) is 0 Å². The molecule has 8 heteroatoms. The number of aromatic nitrogens is 2. The van der Waals surface area contributed by atoms with Crippen molar-refractivity contribution in [3.05, 3.63) is 26.6 Å². The van der Waals surface area contributed by atoms with Gasteiger partial charge in [-0.2, -0.15) is 0 Å². The Balaban J connectivity index is 2.44. The van der Waals surface area contributed by atoms with Gasteiger partial charge in [0.2, 0.25) is 0 Å². The molecular formula is C16H20N2O5S. The largest absolute Gasteiger partial charge is 0.462 e. The van der Waals surface area contributed by atoms with Gasteiger partial charge in [0, 0.05) is 0 Å². The molecule has 2 heterocycles. The van der Waals surface area contributed by atoms with E-state index in [4.69, 9.17) is 9.47 Å². The molecule has 24 heavy (non-hydrogen) atoms. The average molecular weight is 352 g/mol. The molecule has 0 aliphatic heterocycles. The van der Waals surface area contributed by atoms with Crippen LogP contribution in [0.1, 0.15) is 54.9 Å². The van der Waals surface area contributed by atoms with Crippen LogP contribution in [0.3, 0.4) is 0 Å². The maximum absolute atomic E-state index is 12.4. The van der Waals surface area contributed by atoms with E-state index in [0.717, 1.165) is 11.3 Å². The van der Waals surface area contributed by atoms with Gasteiger partial charge in [-0.05, 0) is 26.3 Å². The first-order chi connectivity index (χ1) is 11.3. The molecule has 0 radical (unpaired) electrons. The maximum atomic E-state index is 12.4. The standard InChI is InChI=1S/C16H20N2O5S/c1-6-22-16(21)11-8(4)10-13(19)17-12(18-14(10)24-11)9(5)23-15(20)7(2)3/h7,9H,6H2,1-5H3,(H,17,18,19)/t9-/m0/s1. The summed E-state index contributed by atoms with van der Waals surface area (Å²) in [4.78, 5) is 43.8. The van der Waals surface area contributed by atoms with Crippen LogP contribution in [0.2, 0.25) is 0 Å². The van der Waals surface area contributed by atoms with Gasteiger partial charge in [0.05, 0.1) is 17.9 Å². The zero-order valence-electron chi connectivity index (χ0n) is 14.3. The summed E-state index contributed by atoms with van der Waals surface area (Å²) in [7, 11) is 0. The quantitative estimate of drug-likeness (QED) is 0.831. The molecule has 2 aromatic rings. The summed E-state index contributed by atoms with van der Waals surface area (Å²) in [5, 5.41) is 0.356. The highest BCUT2D eigenvalue weighted by atomic mass is 32.1. The van der Waals surface area contributed by atoms with Crippen LogP contribution in [0.25, 0.3) is 10.2 Å². The molecule has 2 rings (SSSR count). The molecule has 7 nitrogen and oxygen atoms in total. The number of hydrogen-bond acceptors (Lipinski definition) is 7. The molecule has 1 atom stereocenters. The highest BCUT2D eigenvalue weighted by Gasteiger charge is 2.22. The molecule has 2 aromatic heterocycles. The Kier molecular flexibility index (Phi) is 5.38. The number of aromatic amines is 1. The van der Waals surface area contributed by atoms with Gasteiger partial charge in [-0.25, -0.2) is 9.78 Å². The van der Waals surface area contributed by atoms with Crippen LogP contribution in [0.4, 0.5) is 0 Å². The third-order valence-electron chi connectivity index (χ3n) is 3.43. The van der Waals surface area contributed by atoms with Crippen LogP contribution >= 0.6 is 11.3 Å². The summed E-state index contributed by atoms with van der Waals surface area (Å²) in [5.41, 5.74) is 0.173. The molecule has 0 bridgehead atoms. The number of thiophene rings is 1. The molecule has 130 valence electrons. The van der Waals surface area contributed by atoms with Crippen LogP contribution in [0.5, 0.6) is 0 Å². The number of aryl methyl sites for hydroxylation is 1. The summed E-state index contributed by atoms with van der Waals surface area (Å²) >= 11 is 1.10. The summed E-state index contributed by atoms with van der Waals surface area (Å²) < 4.78 is 10.3. The lowest BCUT2D eigenvalue weighted by molar-refractivity contribution is -0.152. The fourth-order valence-electron chi connectivity index (χ4n) is 2.11. The molecule has 0 saturated heterocycles. The number of H-pyrrole nitrogens is 1. The predicted molar refractivity (Wildman–Crippen MR) is 90.3 cm³/mol. The highest BCUT2D eigenvalue weighted by Crippen LogP contribution is 2.28. The van der Waals surface area contributed by atoms with Gasteiger partial charge in [0.25, 0.3) is 5.56 Å². The lowest BCUT2D eigenvalue weighted by Gasteiger charge is -2.13. The average Bonchev–Trinajstić information content (AvgIpc) is 2.84. The number of nitrogens with one attached hydrogen (secondary N) is 1. The topological polar surface area (TPSA) is 98.3 Å². The van der Waals surface area contributed by atoms with E-state index >= 15 is 0 Å². The Hall–Kier alpha value is -2.22. The van der Waals surface area contributed by atoms with Crippen molar-refractivity contribution in [2.24, 2.45) is 5.92 Å². The molecule has 1 N–H and O–H groups in total. The summed E-state index contributed by atoms with van der Waals surface area (Å²) in [5.74, 6) is -0.876. The molecule has 0 spiro atoms. The zero-order chi connectivity index (χ0) is 18.0. The zero-order valence-corrected chi connectivity index (χ0v) is 15.1. The Labute approximate surface area is 143 Å². The number of carbonyl (C=O) groups excluding carboxylic acids is 2. The number of rotatable bonds is 5. The SMILES string of the molecule is CCOC(=O)c1sc2nc([C@H](C)OC(=O)C(C)C)[nH]c(=O)c2c1C. The number of esters is 2. The predicted octanol–water partition coefficient (Wildman–Crippen LogP) is 2.73. The van der Waals surface area contributed by atoms with E-state index in [1.54, 1.807) is 34.6 Å².